The van der Waals surface area contributed by atoms with E-state index in [-0.39, 0.29) is 11.5 Å². The monoisotopic (exact) mass is 406 g/mol. The molecule has 2 aliphatic rings. The molecule has 0 amide bonds. The maximum absolute atomic E-state index is 12.8. The zero-order chi connectivity index (χ0) is 20.9. The number of fused-ring (bicyclic) bond motifs is 2. The second-order valence-electron chi connectivity index (χ2n) is 7.76. The molecule has 2 aliphatic heterocycles. The van der Waals surface area contributed by atoms with Crippen molar-refractivity contribution in [3.63, 3.8) is 0 Å². The molecule has 0 radical (unpaired) electrons. The molecule has 0 aliphatic carbocycles. The number of ketones is 1. The minimum absolute atomic E-state index is 0.0859. The van der Waals surface area contributed by atoms with Crippen molar-refractivity contribution in [2.24, 2.45) is 5.16 Å². The Morgan fingerprint density at radius 2 is 1.87 bits per heavy atom. The van der Waals surface area contributed by atoms with Crippen LogP contribution < -0.4 is 15.7 Å². The van der Waals surface area contributed by atoms with Crippen molar-refractivity contribution in [3.8, 4) is 5.75 Å². The molecule has 0 bridgehead atoms. The molecule has 8 heteroatoms. The van der Waals surface area contributed by atoms with Crippen molar-refractivity contribution in [1.82, 2.24) is 15.3 Å². The fraction of sp³-hybridized carbons (Fsp3) is 0.318. The van der Waals surface area contributed by atoms with Gasteiger partial charge in [0.15, 0.2) is 11.6 Å². The van der Waals surface area contributed by atoms with Gasteiger partial charge in [-0.2, -0.15) is 0 Å². The van der Waals surface area contributed by atoms with Crippen LogP contribution in [0.4, 0.5) is 0 Å². The maximum Gasteiger partial charge on any atom is 0.323 e. The molecule has 0 fully saturated rings. The van der Waals surface area contributed by atoms with Gasteiger partial charge in [-0.15, -0.1) is 0 Å². The number of amidine groups is 1. The minimum atomic E-state index is -0.511. The summed E-state index contributed by atoms with van der Waals surface area (Å²) >= 11 is 0. The van der Waals surface area contributed by atoms with Crippen molar-refractivity contribution in [2.75, 3.05) is 0 Å². The summed E-state index contributed by atoms with van der Waals surface area (Å²) in [6.45, 7) is 4.09. The van der Waals surface area contributed by atoms with Gasteiger partial charge in [0.05, 0.1) is 23.0 Å². The first-order chi connectivity index (χ1) is 14.5. The lowest BCUT2D eigenvalue weighted by Gasteiger charge is -2.36. The van der Waals surface area contributed by atoms with Crippen molar-refractivity contribution in [1.29, 1.82) is 0 Å². The zero-order valence-electron chi connectivity index (χ0n) is 16.7. The predicted octanol–water partition coefficient (Wildman–Crippen LogP) is 3.36. The van der Waals surface area contributed by atoms with Gasteiger partial charge >= 0.3 is 5.69 Å². The molecule has 3 N–H and O–H groups in total. The third-order valence-corrected chi connectivity index (χ3v) is 6.01. The van der Waals surface area contributed by atoms with Gasteiger partial charge in [-0.05, 0) is 49.2 Å². The third kappa shape index (κ3) is 2.96. The smallest absolute Gasteiger partial charge is 0.323 e. The Balaban J connectivity index is 1.38. The van der Waals surface area contributed by atoms with E-state index in [1.165, 1.54) is 0 Å². The lowest BCUT2D eigenvalue weighted by molar-refractivity contribution is 0.0346. The summed E-state index contributed by atoms with van der Waals surface area (Å²) in [4.78, 5) is 35.3. The van der Waals surface area contributed by atoms with E-state index < -0.39 is 11.8 Å². The molecule has 8 nitrogen and oxygen atoms in total. The molecule has 0 spiro atoms. The summed E-state index contributed by atoms with van der Waals surface area (Å²) in [5, 5.41) is 7.37. The summed E-state index contributed by atoms with van der Waals surface area (Å²) in [7, 11) is 0. The molecule has 30 heavy (non-hydrogen) atoms. The van der Waals surface area contributed by atoms with Crippen LogP contribution in [0, 0.1) is 0 Å². The fourth-order valence-electron chi connectivity index (χ4n) is 4.06. The Labute approximate surface area is 172 Å². The fourth-order valence-corrected chi connectivity index (χ4v) is 4.06. The highest BCUT2D eigenvalue weighted by Crippen LogP contribution is 2.38. The molecule has 0 saturated heterocycles. The number of carbonyl (C=O) groups excluding carboxylic acids is 1. The van der Waals surface area contributed by atoms with Gasteiger partial charge in [-0.1, -0.05) is 19.0 Å². The van der Waals surface area contributed by atoms with Gasteiger partial charge in [-0.3, -0.25) is 4.79 Å². The molecule has 3 aromatic rings. The van der Waals surface area contributed by atoms with Crippen LogP contribution in [0.5, 0.6) is 5.75 Å². The van der Waals surface area contributed by atoms with Crippen LogP contribution in [0.15, 0.2) is 46.3 Å². The van der Waals surface area contributed by atoms with Gasteiger partial charge < -0.3 is 24.9 Å². The van der Waals surface area contributed by atoms with E-state index in [1.54, 1.807) is 0 Å². The number of aromatic nitrogens is 2. The van der Waals surface area contributed by atoms with Gasteiger partial charge in [0.25, 0.3) is 0 Å². The van der Waals surface area contributed by atoms with E-state index in [1.807, 2.05) is 50.2 Å². The number of nitrogens with one attached hydrogen (secondary N) is 3. The number of oxime groups is 1. The van der Waals surface area contributed by atoms with Crippen molar-refractivity contribution < 1.29 is 14.4 Å². The minimum Gasteiger partial charge on any atom is -0.486 e. The first-order valence-electron chi connectivity index (χ1n) is 10.1. The van der Waals surface area contributed by atoms with Crippen LogP contribution >= 0.6 is 0 Å². The van der Waals surface area contributed by atoms with Crippen LogP contribution in [-0.4, -0.2) is 27.2 Å². The average molecular weight is 406 g/mol. The normalized spacial score (nSPS) is 19.6. The van der Waals surface area contributed by atoms with Crippen molar-refractivity contribution in [2.45, 2.75) is 44.9 Å². The predicted molar refractivity (Wildman–Crippen MR) is 112 cm³/mol. The molecule has 5 rings (SSSR count). The van der Waals surface area contributed by atoms with Crippen molar-refractivity contribution >= 4 is 22.7 Å². The van der Waals surface area contributed by atoms with Crippen molar-refractivity contribution in [3.05, 3.63) is 63.6 Å². The van der Waals surface area contributed by atoms with Crippen LogP contribution in [0.25, 0.3) is 11.0 Å². The highest BCUT2D eigenvalue weighted by molar-refractivity contribution is 6.02. The number of Topliss-reactive ketones (excluding diaryl/α,β-unsaturated/α-hetero) is 1. The Kier molecular flexibility index (Phi) is 4.16. The number of rotatable bonds is 4. The first-order valence-corrected chi connectivity index (χ1v) is 10.1. The molecule has 1 unspecified atom stereocenters. The Morgan fingerprint density at radius 3 is 2.67 bits per heavy atom. The van der Waals surface area contributed by atoms with E-state index >= 15 is 0 Å². The van der Waals surface area contributed by atoms with Gasteiger partial charge in [0, 0.05) is 11.1 Å². The number of aromatic amines is 2. The SMILES string of the molecule is CCC1(CC)CC(=O)c2cc(C3NC(c4ccc5[nH]c(=O)[nH]c5c4)=NO3)ccc2O1. The lowest BCUT2D eigenvalue weighted by Crippen LogP contribution is -2.41. The number of imidazole rings is 1. The van der Waals surface area contributed by atoms with Gasteiger partial charge in [0.2, 0.25) is 6.23 Å². The first kappa shape index (κ1) is 18.5. The highest BCUT2D eigenvalue weighted by atomic mass is 16.7. The van der Waals surface area contributed by atoms with Gasteiger partial charge in [0.1, 0.15) is 11.4 Å². The number of carbonyl (C=O) groups is 1. The van der Waals surface area contributed by atoms with Crippen LogP contribution in [0.2, 0.25) is 0 Å². The number of nitrogens with zero attached hydrogens (tertiary/aromatic N) is 1. The van der Waals surface area contributed by atoms with Crippen LogP contribution in [-0.2, 0) is 4.84 Å². The molecule has 1 aromatic heterocycles. The molecule has 3 heterocycles. The number of benzene rings is 2. The molecular weight excluding hydrogens is 384 g/mol. The third-order valence-electron chi connectivity index (χ3n) is 6.01. The second kappa shape index (κ2) is 6.76. The highest BCUT2D eigenvalue weighted by Gasteiger charge is 2.38. The Morgan fingerprint density at radius 1 is 1.07 bits per heavy atom. The summed E-state index contributed by atoms with van der Waals surface area (Å²) in [6, 6.07) is 11.0. The van der Waals surface area contributed by atoms with Crippen LogP contribution in [0.3, 0.4) is 0 Å². The molecular formula is C22H22N4O4. The quantitative estimate of drug-likeness (QED) is 0.616. The molecule has 1 atom stereocenters. The Hall–Kier alpha value is -3.55. The number of hydrogen-bond donors (Lipinski definition) is 3. The van der Waals surface area contributed by atoms with E-state index in [2.05, 4.69) is 20.4 Å². The zero-order valence-corrected chi connectivity index (χ0v) is 16.7. The standard InChI is InChI=1S/C22H22N4O4/c1-3-22(4-2)11-17(27)14-9-13(6-8-18(14)29-22)20-25-19(26-30-20)12-5-7-15-16(10-12)24-21(28)23-15/h5-10,20H,3-4,11H2,1-2H3,(H,25,26)(H2,23,24,28). The lowest BCUT2D eigenvalue weighted by atomic mass is 9.85. The largest absolute Gasteiger partial charge is 0.486 e. The molecule has 2 aromatic carbocycles. The number of H-pyrrole nitrogens is 2. The second-order valence-corrected chi connectivity index (χ2v) is 7.76. The maximum atomic E-state index is 12.8. The summed E-state index contributed by atoms with van der Waals surface area (Å²) in [5.41, 5.74) is 2.90. The number of hydrogen-bond acceptors (Lipinski definition) is 6. The topological polar surface area (TPSA) is 109 Å². The van der Waals surface area contributed by atoms with E-state index in [4.69, 9.17) is 9.57 Å². The Bertz CT molecular complexity index is 1240. The van der Waals surface area contributed by atoms with Gasteiger partial charge in [-0.25, -0.2) is 4.79 Å². The summed E-state index contributed by atoms with van der Waals surface area (Å²) in [5.74, 6) is 1.27. The number of ether oxygens (including phenoxy) is 1. The van der Waals surface area contributed by atoms with E-state index in [9.17, 15) is 9.59 Å². The van der Waals surface area contributed by atoms with Crippen LogP contribution in [0.1, 0.15) is 60.8 Å². The molecule has 0 saturated carbocycles. The average Bonchev–Trinajstić information content (AvgIpc) is 3.39. The summed E-state index contributed by atoms with van der Waals surface area (Å²) < 4.78 is 6.20. The molecule has 154 valence electrons. The summed E-state index contributed by atoms with van der Waals surface area (Å²) in [6.07, 6.45) is 1.45. The van der Waals surface area contributed by atoms with E-state index in [0.29, 0.717) is 29.1 Å². The van der Waals surface area contributed by atoms with E-state index in [0.717, 1.165) is 29.5 Å².